The lowest BCUT2D eigenvalue weighted by Crippen LogP contribution is -2.45. The number of rotatable bonds is 7. The van der Waals surface area contributed by atoms with Gasteiger partial charge in [-0.2, -0.15) is 0 Å². The quantitative estimate of drug-likeness (QED) is 0.336. The lowest BCUT2D eigenvalue weighted by Gasteiger charge is -2.36. The van der Waals surface area contributed by atoms with Crippen molar-refractivity contribution in [2.24, 2.45) is 0 Å². The summed E-state index contributed by atoms with van der Waals surface area (Å²) in [6.07, 6.45) is 3.76. The summed E-state index contributed by atoms with van der Waals surface area (Å²) in [5.74, 6) is 1.23. The minimum absolute atomic E-state index is 0.154. The Balaban J connectivity index is 1.18. The first-order valence-electron chi connectivity index (χ1n) is 14.1. The van der Waals surface area contributed by atoms with Crippen LogP contribution in [0.4, 0.5) is 5.82 Å². The van der Waals surface area contributed by atoms with Crippen LogP contribution in [0.15, 0.2) is 60.8 Å². The SMILES string of the molecule is CC(O)c1cc(C(=O)NCc2cc3nc(-c4cccc(N5C[C@@H](C)O[C@@H](C)C5)n4)ccc3cn2)ccc1C1CC1. The van der Waals surface area contributed by atoms with Crippen LogP contribution in [0.1, 0.15) is 72.8 Å². The number of aliphatic hydroxyl groups is 1. The van der Waals surface area contributed by atoms with E-state index in [2.05, 4.69) is 29.0 Å². The van der Waals surface area contributed by atoms with Crippen LogP contribution >= 0.6 is 0 Å². The molecular formula is C32H35N5O3. The first kappa shape index (κ1) is 26.3. The maximum atomic E-state index is 12.9. The highest BCUT2D eigenvalue weighted by atomic mass is 16.5. The Bertz CT molecular complexity index is 1540. The third-order valence-corrected chi connectivity index (χ3v) is 7.62. The maximum absolute atomic E-state index is 12.9. The smallest absolute Gasteiger partial charge is 0.251 e. The van der Waals surface area contributed by atoms with Gasteiger partial charge >= 0.3 is 0 Å². The van der Waals surface area contributed by atoms with Gasteiger partial charge in [0.2, 0.25) is 0 Å². The molecule has 0 radical (unpaired) electrons. The largest absolute Gasteiger partial charge is 0.389 e. The fraction of sp³-hybridized carbons (Fsp3) is 0.375. The van der Waals surface area contributed by atoms with E-state index in [0.717, 1.165) is 65.2 Å². The van der Waals surface area contributed by atoms with Gasteiger partial charge in [0.15, 0.2) is 0 Å². The van der Waals surface area contributed by atoms with Crippen LogP contribution in [0, 0.1) is 0 Å². The van der Waals surface area contributed by atoms with E-state index in [1.54, 1.807) is 13.1 Å². The zero-order valence-electron chi connectivity index (χ0n) is 23.2. The van der Waals surface area contributed by atoms with Gasteiger partial charge < -0.3 is 20.1 Å². The zero-order chi connectivity index (χ0) is 27.8. The Kier molecular flexibility index (Phi) is 7.21. The molecule has 1 aliphatic heterocycles. The number of pyridine rings is 3. The van der Waals surface area contributed by atoms with Gasteiger partial charge in [0.25, 0.3) is 5.91 Å². The molecule has 2 N–H and O–H groups in total. The summed E-state index contributed by atoms with van der Waals surface area (Å²) in [6, 6.07) is 17.5. The molecule has 8 nitrogen and oxygen atoms in total. The summed E-state index contributed by atoms with van der Waals surface area (Å²) in [5, 5.41) is 14.1. The Morgan fingerprint density at radius 2 is 1.82 bits per heavy atom. The number of hydrogen-bond acceptors (Lipinski definition) is 7. The van der Waals surface area contributed by atoms with Gasteiger partial charge in [-0.15, -0.1) is 0 Å². The molecule has 3 atom stereocenters. The monoisotopic (exact) mass is 537 g/mol. The van der Waals surface area contributed by atoms with E-state index in [1.807, 2.05) is 54.6 Å². The molecule has 2 aliphatic rings. The van der Waals surface area contributed by atoms with Crippen LogP contribution < -0.4 is 10.2 Å². The van der Waals surface area contributed by atoms with Crippen molar-refractivity contribution in [3.63, 3.8) is 0 Å². The molecule has 1 amide bonds. The predicted octanol–water partition coefficient (Wildman–Crippen LogP) is 5.17. The van der Waals surface area contributed by atoms with Crippen molar-refractivity contribution in [3.05, 3.63) is 83.2 Å². The fourth-order valence-electron chi connectivity index (χ4n) is 5.52. The van der Waals surface area contributed by atoms with Crippen LogP contribution in [-0.4, -0.2) is 51.3 Å². The molecule has 3 aromatic heterocycles. The van der Waals surface area contributed by atoms with Gasteiger partial charge in [-0.1, -0.05) is 12.1 Å². The van der Waals surface area contributed by atoms with Crippen molar-refractivity contribution in [1.82, 2.24) is 20.3 Å². The molecule has 1 saturated heterocycles. The molecule has 0 spiro atoms. The number of benzene rings is 1. The molecule has 40 heavy (non-hydrogen) atoms. The molecule has 0 bridgehead atoms. The number of nitrogens with one attached hydrogen (secondary N) is 1. The van der Waals surface area contributed by atoms with Gasteiger partial charge in [-0.3, -0.25) is 9.78 Å². The Morgan fingerprint density at radius 3 is 2.58 bits per heavy atom. The standard InChI is InChI=1S/C32H35N5O3/c1-19-17-37(18-20(2)40-19)31-6-4-5-28(36-31)29-12-10-24-15-33-25(14-30(24)35-29)16-34-32(39)23-9-11-26(22-7-8-22)27(13-23)21(3)38/h4-6,9-15,19-22,38H,7-8,16-18H2,1-3H3,(H,34,39)/t19-,20+,21?. The van der Waals surface area contributed by atoms with Crippen molar-refractivity contribution >= 4 is 22.6 Å². The summed E-state index contributed by atoms with van der Waals surface area (Å²) in [7, 11) is 0. The number of morpholine rings is 1. The fourth-order valence-corrected chi connectivity index (χ4v) is 5.52. The number of ether oxygens (including phenoxy) is 1. The maximum Gasteiger partial charge on any atom is 0.251 e. The van der Waals surface area contributed by atoms with E-state index in [-0.39, 0.29) is 24.7 Å². The highest BCUT2D eigenvalue weighted by Crippen LogP contribution is 2.43. The highest BCUT2D eigenvalue weighted by molar-refractivity contribution is 5.94. The molecule has 4 aromatic rings. The van der Waals surface area contributed by atoms with Crippen LogP contribution in [0.2, 0.25) is 0 Å². The van der Waals surface area contributed by atoms with E-state index in [9.17, 15) is 9.90 Å². The van der Waals surface area contributed by atoms with E-state index in [0.29, 0.717) is 17.2 Å². The first-order valence-corrected chi connectivity index (χ1v) is 14.1. The van der Waals surface area contributed by atoms with Gasteiger partial charge in [-0.05, 0) is 93.1 Å². The molecule has 1 unspecified atom stereocenters. The van der Waals surface area contributed by atoms with Crippen molar-refractivity contribution in [3.8, 4) is 11.4 Å². The topological polar surface area (TPSA) is 100 Å². The number of anilines is 1. The normalized spacial score (nSPS) is 19.9. The summed E-state index contributed by atoms with van der Waals surface area (Å²) < 4.78 is 5.88. The minimum atomic E-state index is -0.609. The molecule has 8 heteroatoms. The zero-order valence-corrected chi connectivity index (χ0v) is 23.2. The molecule has 6 rings (SSSR count). The van der Waals surface area contributed by atoms with Crippen molar-refractivity contribution in [1.29, 1.82) is 0 Å². The molecule has 4 heterocycles. The average Bonchev–Trinajstić information content (AvgIpc) is 3.80. The summed E-state index contributed by atoms with van der Waals surface area (Å²) >= 11 is 0. The summed E-state index contributed by atoms with van der Waals surface area (Å²) in [5.41, 5.74) is 5.63. The number of carbonyl (C=O) groups excluding carboxylic acids is 1. The Hall–Kier alpha value is -3.88. The molecule has 1 saturated carbocycles. The van der Waals surface area contributed by atoms with Crippen molar-refractivity contribution < 1.29 is 14.6 Å². The lowest BCUT2D eigenvalue weighted by atomic mass is 9.96. The molecular weight excluding hydrogens is 502 g/mol. The minimum Gasteiger partial charge on any atom is -0.389 e. The summed E-state index contributed by atoms with van der Waals surface area (Å²) in [6.45, 7) is 7.80. The third-order valence-electron chi connectivity index (χ3n) is 7.62. The van der Waals surface area contributed by atoms with Crippen molar-refractivity contribution in [2.75, 3.05) is 18.0 Å². The van der Waals surface area contributed by atoms with Crippen molar-refractivity contribution in [2.45, 2.75) is 64.4 Å². The van der Waals surface area contributed by atoms with Crippen LogP contribution in [0.5, 0.6) is 0 Å². The van der Waals surface area contributed by atoms with Crippen LogP contribution in [-0.2, 0) is 11.3 Å². The predicted molar refractivity (Wildman–Crippen MR) is 155 cm³/mol. The van der Waals surface area contributed by atoms with E-state index in [1.165, 1.54) is 0 Å². The second-order valence-corrected chi connectivity index (χ2v) is 11.1. The van der Waals surface area contributed by atoms with Crippen LogP contribution in [0.25, 0.3) is 22.3 Å². The lowest BCUT2D eigenvalue weighted by molar-refractivity contribution is -0.00545. The summed E-state index contributed by atoms with van der Waals surface area (Å²) in [4.78, 5) is 29.5. The number of aromatic nitrogens is 3. The second-order valence-electron chi connectivity index (χ2n) is 11.1. The number of hydrogen-bond donors (Lipinski definition) is 2. The molecule has 1 aliphatic carbocycles. The number of amides is 1. The molecule has 1 aromatic carbocycles. The third kappa shape index (κ3) is 5.69. The van der Waals surface area contributed by atoms with E-state index < -0.39 is 6.10 Å². The highest BCUT2D eigenvalue weighted by Gasteiger charge is 2.28. The van der Waals surface area contributed by atoms with Crippen LogP contribution in [0.3, 0.4) is 0 Å². The number of carbonyl (C=O) groups is 1. The molecule has 2 fully saturated rings. The average molecular weight is 538 g/mol. The van der Waals surface area contributed by atoms with E-state index in [4.69, 9.17) is 14.7 Å². The first-order chi connectivity index (χ1) is 19.3. The second kappa shape index (κ2) is 10.9. The van der Waals surface area contributed by atoms with Gasteiger partial charge in [0.1, 0.15) is 5.82 Å². The Labute approximate surface area is 234 Å². The number of fused-ring (bicyclic) bond motifs is 1. The number of nitrogens with zero attached hydrogens (tertiary/aromatic N) is 4. The van der Waals surface area contributed by atoms with E-state index >= 15 is 0 Å². The van der Waals surface area contributed by atoms with Gasteiger partial charge in [0.05, 0.1) is 47.5 Å². The Morgan fingerprint density at radius 1 is 1.05 bits per heavy atom. The molecule has 206 valence electrons. The number of aliphatic hydroxyl groups excluding tert-OH is 1. The van der Waals surface area contributed by atoms with Gasteiger partial charge in [0, 0.05) is 30.2 Å². The van der Waals surface area contributed by atoms with Gasteiger partial charge in [-0.25, -0.2) is 9.97 Å².